The minimum Gasteiger partial charge on any atom is -0.481 e. The molecule has 2 N–H and O–H groups in total. The normalized spacial score (nSPS) is 21.1. The number of hydrogen-bond donors (Lipinski definition) is 2. The molecule has 1 saturated heterocycles. The lowest BCUT2D eigenvalue weighted by Gasteiger charge is -2.37. The summed E-state index contributed by atoms with van der Waals surface area (Å²) in [6.07, 6.45) is 4.53. The molecule has 0 bridgehead atoms. The molecule has 0 spiro atoms. The number of nitrogens with one attached hydrogen (secondary N) is 1. The Hall–Kier alpha value is -3.35. The Balaban J connectivity index is 1.33. The number of aliphatic carboxylic acids is 1. The van der Waals surface area contributed by atoms with Gasteiger partial charge in [0.15, 0.2) is 0 Å². The van der Waals surface area contributed by atoms with E-state index in [0.29, 0.717) is 18.5 Å². The van der Waals surface area contributed by atoms with Crippen LogP contribution in [0.1, 0.15) is 12.8 Å². The zero-order valence-corrected chi connectivity index (χ0v) is 17.2. The van der Waals surface area contributed by atoms with Gasteiger partial charge in [-0.15, -0.1) is 0 Å². The van der Waals surface area contributed by atoms with Gasteiger partial charge in [0.25, 0.3) is 0 Å². The lowest BCUT2D eigenvalue weighted by molar-refractivity contribution is -0.146. The summed E-state index contributed by atoms with van der Waals surface area (Å²) >= 11 is 0. The Morgan fingerprint density at radius 2 is 1.29 bits per heavy atom. The van der Waals surface area contributed by atoms with Crippen molar-refractivity contribution >= 4 is 28.9 Å². The number of carboxylic acids is 1. The minimum absolute atomic E-state index is 0.229. The maximum Gasteiger partial charge on any atom is 0.307 e. The molecule has 7 heteroatoms. The van der Waals surface area contributed by atoms with Crippen LogP contribution in [-0.2, 0) is 9.59 Å². The summed E-state index contributed by atoms with van der Waals surface area (Å²) in [4.78, 5) is 28.6. The number of carbonyl (C=O) groups is 2. The summed E-state index contributed by atoms with van der Waals surface area (Å²) in [5.41, 5.74) is 2.76. The van der Waals surface area contributed by atoms with Gasteiger partial charge in [0.05, 0.1) is 11.8 Å². The van der Waals surface area contributed by atoms with Gasteiger partial charge >= 0.3 is 5.97 Å². The highest BCUT2D eigenvalue weighted by atomic mass is 19.1. The number of carboxylic acid groups (broad SMARTS) is 1. The molecule has 2 aromatic rings. The van der Waals surface area contributed by atoms with E-state index in [1.165, 1.54) is 12.1 Å². The molecule has 1 aliphatic heterocycles. The highest BCUT2D eigenvalue weighted by molar-refractivity contribution is 5.95. The topological polar surface area (TPSA) is 72.9 Å². The number of benzene rings is 2. The Labute approximate surface area is 181 Å². The van der Waals surface area contributed by atoms with E-state index < -0.39 is 17.8 Å². The zero-order valence-electron chi connectivity index (χ0n) is 17.2. The number of allylic oxidation sites excluding steroid dienone is 2. The molecule has 2 atom stereocenters. The maximum absolute atomic E-state index is 13.1. The van der Waals surface area contributed by atoms with Crippen LogP contribution in [0.5, 0.6) is 0 Å². The average Bonchev–Trinajstić information content (AvgIpc) is 2.80. The Morgan fingerprint density at radius 3 is 1.81 bits per heavy atom. The first kappa shape index (κ1) is 20.9. The van der Waals surface area contributed by atoms with Crippen molar-refractivity contribution in [3.63, 3.8) is 0 Å². The monoisotopic (exact) mass is 423 g/mol. The van der Waals surface area contributed by atoms with E-state index in [-0.39, 0.29) is 11.7 Å². The quantitative estimate of drug-likeness (QED) is 0.717. The third-order valence-corrected chi connectivity index (χ3v) is 6.06. The Bertz CT molecular complexity index is 951. The smallest absolute Gasteiger partial charge is 0.307 e. The molecule has 0 radical (unpaired) electrons. The second kappa shape index (κ2) is 9.20. The predicted molar refractivity (Wildman–Crippen MR) is 119 cm³/mol. The van der Waals surface area contributed by atoms with E-state index in [1.54, 1.807) is 12.1 Å². The van der Waals surface area contributed by atoms with Gasteiger partial charge in [0.1, 0.15) is 5.82 Å². The first-order valence-corrected chi connectivity index (χ1v) is 10.6. The largest absolute Gasteiger partial charge is 0.481 e. The summed E-state index contributed by atoms with van der Waals surface area (Å²) in [5.74, 6) is -2.64. The summed E-state index contributed by atoms with van der Waals surface area (Å²) in [6, 6.07) is 14.2. The third kappa shape index (κ3) is 4.87. The second-order valence-corrected chi connectivity index (χ2v) is 7.98. The minimum atomic E-state index is -0.931. The predicted octanol–water partition coefficient (Wildman–Crippen LogP) is 3.76. The molecule has 6 nitrogen and oxygen atoms in total. The molecule has 1 fully saturated rings. The molecule has 0 saturated carbocycles. The standard InChI is InChI=1S/C24H26FN3O3/c25-17-5-9-19(10-6-17)27-13-15-28(16-14-27)20-11-7-18(8-12-20)26-23(29)21-3-1-2-4-22(21)24(30)31/h1-2,5-12,21-22H,3-4,13-16H2,(H,26,29)(H,30,31). The van der Waals surface area contributed by atoms with Crippen molar-refractivity contribution in [1.29, 1.82) is 0 Å². The number of piperazine rings is 1. The molecular formula is C24H26FN3O3. The maximum atomic E-state index is 13.1. The number of rotatable bonds is 5. The van der Waals surface area contributed by atoms with Gasteiger partial charge in [-0.1, -0.05) is 12.2 Å². The van der Waals surface area contributed by atoms with Crippen LogP contribution < -0.4 is 15.1 Å². The van der Waals surface area contributed by atoms with Gasteiger partial charge in [-0.3, -0.25) is 9.59 Å². The Morgan fingerprint density at radius 1 is 0.806 bits per heavy atom. The number of amides is 1. The summed E-state index contributed by atoms with van der Waals surface area (Å²) in [7, 11) is 0. The van der Waals surface area contributed by atoms with Crippen LogP contribution >= 0.6 is 0 Å². The number of carbonyl (C=O) groups excluding carboxylic acids is 1. The first-order chi connectivity index (χ1) is 15.0. The van der Waals surface area contributed by atoms with Crippen molar-refractivity contribution in [2.45, 2.75) is 12.8 Å². The summed E-state index contributed by atoms with van der Waals surface area (Å²) in [5, 5.41) is 12.2. The van der Waals surface area contributed by atoms with Gasteiger partial charge < -0.3 is 20.2 Å². The molecule has 1 heterocycles. The van der Waals surface area contributed by atoms with E-state index in [0.717, 1.165) is 37.6 Å². The highest BCUT2D eigenvalue weighted by Crippen LogP contribution is 2.28. The molecular weight excluding hydrogens is 397 g/mol. The van der Waals surface area contributed by atoms with Crippen molar-refractivity contribution in [2.24, 2.45) is 11.8 Å². The lowest BCUT2D eigenvalue weighted by atomic mass is 9.82. The molecule has 4 rings (SSSR count). The number of hydrogen-bond acceptors (Lipinski definition) is 4. The summed E-state index contributed by atoms with van der Waals surface area (Å²) in [6.45, 7) is 3.38. The molecule has 1 aliphatic carbocycles. The molecule has 2 unspecified atom stereocenters. The molecule has 2 aromatic carbocycles. The van der Waals surface area contributed by atoms with E-state index >= 15 is 0 Å². The van der Waals surface area contributed by atoms with Gasteiger partial charge in [0, 0.05) is 43.2 Å². The van der Waals surface area contributed by atoms with Crippen molar-refractivity contribution in [2.75, 3.05) is 41.3 Å². The van der Waals surface area contributed by atoms with Crippen LogP contribution in [0.15, 0.2) is 60.7 Å². The fourth-order valence-corrected chi connectivity index (χ4v) is 4.24. The second-order valence-electron chi connectivity index (χ2n) is 7.98. The fraction of sp³-hybridized carbons (Fsp3) is 0.333. The lowest BCUT2D eigenvalue weighted by Crippen LogP contribution is -2.46. The van der Waals surface area contributed by atoms with Gasteiger partial charge in [-0.25, -0.2) is 4.39 Å². The fourth-order valence-electron chi connectivity index (χ4n) is 4.24. The van der Waals surface area contributed by atoms with Crippen LogP contribution in [0.25, 0.3) is 0 Å². The molecule has 162 valence electrons. The van der Waals surface area contributed by atoms with Crippen molar-refractivity contribution in [3.05, 3.63) is 66.5 Å². The van der Waals surface area contributed by atoms with Crippen LogP contribution in [0.2, 0.25) is 0 Å². The Kier molecular flexibility index (Phi) is 6.21. The van der Waals surface area contributed by atoms with Gasteiger partial charge in [-0.2, -0.15) is 0 Å². The average molecular weight is 423 g/mol. The molecule has 1 amide bonds. The van der Waals surface area contributed by atoms with Crippen LogP contribution in [0.3, 0.4) is 0 Å². The molecule has 2 aliphatic rings. The summed E-state index contributed by atoms with van der Waals surface area (Å²) < 4.78 is 13.1. The van der Waals surface area contributed by atoms with Crippen molar-refractivity contribution < 1.29 is 19.1 Å². The SMILES string of the molecule is O=C(O)C1CC=CCC1C(=O)Nc1ccc(N2CCN(c3ccc(F)cc3)CC2)cc1. The third-order valence-electron chi connectivity index (χ3n) is 6.06. The number of nitrogens with zero attached hydrogens (tertiary/aromatic N) is 2. The van der Waals surface area contributed by atoms with Crippen molar-refractivity contribution in [3.8, 4) is 0 Å². The van der Waals surface area contributed by atoms with Crippen LogP contribution in [-0.4, -0.2) is 43.2 Å². The van der Waals surface area contributed by atoms with Crippen LogP contribution in [0.4, 0.5) is 21.5 Å². The van der Waals surface area contributed by atoms with E-state index in [2.05, 4.69) is 15.1 Å². The molecule has 0 aromatic heterocycles. The first-order valence-electron chi connectivity index (χ1n) is 10.6. The van der Waals surface area contributed by atoms with E-state index in [4.69, 9.17) is 0 Å². The highest BCUT2D eigenvalue weighted by Gasteiger charge is 2.34. The van der Waals surface area contributed by atoms with Gasteiger partial charge in [0.2, 0.25) is 5.91 Å². The van der Waals surface area contributed by atoms with E-state index in [1.807, 2.05) is 36.4 Å². The number of anilines is 3. The van der Waals surface area contributed by atoms with Crippen molar-refractivity contribution in [1.82, 2.24) is 0 Å². The molecule has 31 heavy (non-hydrogen) atoms. The van der Waals surface area contributed by atoms with Gasteiger partial charge in [-0.05, 0) is 61.4 Å². The van der Waals surface area contributed by atoms with E-state index in [9.17, 15) is 19.1 Å². The number of halogens is 1. The zero-order chi connectivity index (χ0) is 21.8. The van der Waals surface area contributed by atoms with Crippen LogP contribution in [0, 0.1) is 17.7 Å².